The highest BCUT2D eigenvalue weighted by atomic mass is 32.1. The molecule has 5 heteroatoms. The molecule has 1 aliphatic heterocycles. The molecule has 0 aromatic carbocycles. The van der Waals surface area contributed by atoms with E-state index in [4.69, 9.17) is 0 Å². The van der Waals surface area contributed by atoms with Crippen LogP contribution in [0.25, 0.3) is 0 Å². The molecular formula is C9H12N2O2S. The van der Waals surface area contributed by atoms with Crippen LogP contribution >= 0.6 is 11.3 Å². The first-order chi connectivity index (χ1) is 6.68. The molecule has 1 amide bonds. The summed E-state index contributed by atoms with van der Waals surface area (Å²) in [4.78, 5) is 18.1. The number of hydrogen-bond acceptors (Lipinski definition) is 4. The fraction of sp³-hybridized carbons (Fsp3) is 0.556. The SMILES string of the molecule is C[C@@H]1C[C@@H](O)CN1C(=O)c1cncs1. The number of thiazole rings is 1. The van der Waals surface area contributed by atoms with Crippen LogP contribution in [0.4, 0.5) is 0 Å². The first kappa shape index (κ1) is 9.61. The van der Waals surface area contributed by atoms with Crippen molar-refractivity contribution in [3.63, 3.8) is 0 Å². The number of hydrogen-bond donors (Lipinski definition) is 1. The van der Waals surface area contributed by atoms with E-state index in [0.717, 1.165) is 0 Å². The van der Waals surface area contributed by atoms with Gasteiger partial charge >= 0.3 is 0 Å². The van der Waals surface area contributed by atoms with Crippen molar-refractivity contribution in [3.05, 3.63) is 16.6 Å². The van der Waals surface area contributed by atoms with Crippen molar-refractivity contribution in [2.24, 2.45) is 0 Å². The third-order valence-corrected chi connectivity index (χ3v) is 3.22. The molecule has 1 aromatic rings. The lowest BCUT2D eigenvalue weighted by molar-refractivity contribution is 0.0730. The Labute approximate surface area is 86.2 Å². The molecule has 1 N–H and O–H groups in total. The van der Waals surface area contributed by atoms with Gasteiger partial charge in [0.2, 0.25) is 0 Å². The van der Waals surface area contributed by atoms with E-state index in [1.165, 1.54) is 11.3 Å². The highest BCUT2D eigenvalue weighted by Gasteiger charge is 2.32. The van der Waals surface area contributed by atoms with Gasteiger partial charge in [0.05, 0.1) is 17.8 Å². The molecule has 4 nitrogen and oxygen atoms in total. The Morgan fingerprint density at radius 2 is 2.57 bits per heavy atom. The van der Waals surface area contributed by atoms with Gasteiger partial charge in [0, 0.05) is 12.6 Å². The van der Waals surface area contributed by atoms with Gasteiger partial charge in [0.1, 0.15) is 4.88 Å². The van der Waals surface area contributed by atoms with Crippen molar-refractivity contribution in [2.45, 2.75) is 25.5 Å². The maximum absolute atomic E-state index is 11.8. The van der Waals surface area contributed by atoms with E-state index < -0.39 is 0 Å². The fourth-order valence-corrected chi connectivity index (χ4v) is 2.32. The molecule has 14 heavy (non-hydrogen) atoms. The maximum atomic E-state index is 11.8. The average molecular weight is 212 g/mol. The van der Waals surface area contributed by atoms with Gasteiger partial charge in [0.25, 0.3) is 5.91 Å². The van der Waals surface area contributed by atoms with Crippen LogP contribution in [0.3, 0.4) is 0 Å². The number of aromatic nitrogens is 1. The van der Waals surface area contributed by atoms with Gasteiger partial charge in [-0.05, 0) is 13.3 Å². The second kappa shape index (κ2) is 3.67. The summed E-state index contributed by atoms with van der Waals surface area (Å²) < 4.78 is 0. The molecule has 0 aliphatic carbocycles. The monoisotopic (exact) mass is 212 g/mol. The van der Waals surface area contributed by atoms with E-state index >= 15 is 0 Å². The molecule has 2 heterocycles. The van der Waals surface area contributed by atoms with Crippen LogP contribution in [-0.2, 0) is 0 Å². The van der Waals surface area contributed by atoms with Crippen LogP contribution in [0.5, 0.6) is 0 Å². The normalized spacial score (nSPS) is 26.9. The van der Waals surface area contributed by atoms with Crippen molar-refractivity contribution >= 4 is 17.2 Å². The van der Waals surface area contributed by atoms with Crippen LogP contribution in [0.15, 0.2) is 11.7 Å². The summed E-state index contributed by atoms with van der Waals surface area (Å²) >= 11 is 1.34. The minimum absolute atomic E-state index is 0.0171. The number of β-amino-alcohol motifs (C(OH)–C–C–N with tert-alkyl or cyclic N) is 1. The quantitative estimate of drug-likeness (QED) is 0.747. The van der Waals surface area contributed by atoms with Gasteiger partial charge in [-0.25, -0.2) is 0 Å². The zero-order valence-electron chi connectivity index (χ0n) is 7.88. The lowest BCUT2D eigenvalue weighted by Gasteiger charge is -2.19. The smallest absolute Gasteiger partial charge is 0.265 e. The van der Waals surface area contributed by atoms with E-state index in [2.05, 4.69) is 4.98 Å². The maximum Gasteiger partial charge on any atom is 0.265 e. The Bertz CT molecular complexity index is 326. The molecule has 2 atom stereocenters. The lowest BCUT2D eigenvalue weighted by atomic mass is 10.2. The Morgan fingerprint density at radius 1 is 1.79 bits per heavy atom. The summed E-state index contributed by atoms with van der Waals surface area (Å²) in [6.07, 6.45) is 1.87. The van der Waals surface area contributed by atoms with Gasteiger partial charge in [-0.3, -0.25) is 9.78 Å². The molecule has 76 valence electrons. The molecule has 1 aliphatic rings. The number of carbonyl (C=O) groups excluding carboxylic acids is 1. The van der Waals surface area contributed by atoms with Crippen molar-refractivity contribution in [1.29, 1.82) is 0 Å². The van der Waals surface area contributed by atoms with E-state index in [1.807, 2.05) is 6.92 Å². The lowest BCUT2D eigenvalue weighted by Crippen LogP contribution is -2.33. The molecule has 1 fully saturated rings. The molecule has 0 saturated carbocycles. The highest BCUT2D eigenvalue weighted by molar-refractivity contribution is 7.11. The third-order valence-electron chi connectivity index (χ3n) is 2.46. The third kappa shape index (κ3) is 1.65. The minimum Gasteiger partial charge on any atom is -0.391 e. The Morgan fingerprint density at radius 3 is 3.07 bits per heavy atom. The van der Waals surface area contributed by atoms with Crippen LogP contribution in [0.1, 0.15) is 23.0 Å². The summed E-state index contributed by atoms with van der Waals surface area (Å²) in [5, 5.41) is 9.41. The van der Waals surface area contributed by atoms with Crippen LogP contribution in [0.2, 0.25) is 0 Å². The van der Waals surface area contributed by atoms with Gasteiger partial charge in [-0.15, -0.1) is 11.3 Å². The number of aliphatic hydroxyl groups excluding tert-OH is 1. The summed E-state index contributed by atoms with van der Waals surface area (Å²) in [5.74, 6) is -0.0171. The Balaban J connectivity index is 2.13. The fourth-order valence-electron chi connectivity index (χ4n) is 1.75. The molecular weight excluding hydrogens is 200 g/mol. The predicted molar refractivity (Wildman–Crippen MR) is 53.2 cm³/mol. The Kier molecular flexibility index (Phi) is 2.52. The summed E-state index contributed by atoms with van der Waals surface area (Å²) in [7, 11) is 0. The number of likely N-dealkylation sites (tertiary alicyclic amines) is 1. The van der Waals surface area contributed by atoms with Crippen molar-refractivity contribution < 1.29 is 9.90 Å². The van der Waals surface area contributed by atoms with E-state index in [1.54, 1.807) is 16.6 Å². The standard InChI is InChI=1S/C9H12N2O2S/c1-6-2-7(12)4-11(6)9(13)8-3-10-5-14-8/h3,5-7,12H,2,4H2,1H3/t6-,7-/m1/s1. The predicted octanol–water partition coefficient (Wildman–Crippen LogP) is 0.738. The topological polar surface area (TPSA) is 53.4 Å². The Hall–Kier alpha value is -0.940. The zero-order chi connectivity index (χ0) is 10.1. The number of nitrogens with zero attached hydrogens (tertiary/aromatic N) is 2. The number of aliphatic hydroxyl groups is 1. The van der Waals surface area contributed by atoms with E-state index in [9.17, 15) is 9.90 Å². The number of rotatable bonds is 1. The van der Waals surface area contributed by atoms with Crippen molar-refractivity contribution in [1.82, 2.24) is 9.88 Å². The minimum atomic E-state index is -0.373. The molecule has 0 unspecified atom stereocenters. The van der Waals surface area contributed by atoms with Gasteiger partial charge in [-0.2, -0.15) is 0 Å². The van der Waals surface area contributed by atoms with Crippen LogP contribution in [0, 0.1) is 0 Å². The second-order valence-corrected chi connectivity index (χ2v) is 4.45. The zero-order valence-corrected chi connectivity index (χ0v) is 8.70. The van der Waals surface area contributed by atoms with Gasteiger partial charge in [0.15, 0.2) is 0 Å². The molecule has 0 spiro atoms. The average Bonchev–Trinajstić information content (AvgIpc) is 2.73. The molecule has 1 aromatic heterocycles. The summed E-state index contributed by atoms with van der Waals surface area (Å²) in [5.41, 5.74) is 1.64. The van der Waals surface area contributed by atoms with E-state index in [-0.39, 0.29) is 18.1 Å². The summed E-state index contributed by atoms with van der Waals surface area (Å²) in [6.45, 7) is 2.40. The van der Waals surface area contributed by atoms with Crippen LogP contribution in [-0.4, -0.2) is 39.6 Å². The first-order valence-corrected chi connectivity index (χ1v) is 5.44. The number of amides is 1. The van der Waals surface area contributed by atoms with Gasteiger partial charge in [-0.1, -0.05) is 0 Å². The van der Waals surface area contributed by atoms with Crippen LogP contribution < -0.4 is 0 Å². The van der Waals surface area contributed by atoms with Gasteiger partial charge < -0.3 is 10.0 Å². The molecule has 0 bridgehead atoms. The second-order valence-electron chi connectivity index (χ2n) is 3.56. The molecule has 2 rings (SSSR count). The number of carbonyl (C=O) groups is 1. The first-order valence-electron chi connectivity index (χ1n) is 4.56. The van der Waals surface area contributed by atoms with Crippen molar-refractivity contribution in [2.75, 3.05) is 6.54 Å². The van der Waals surface area contributed by atoms with E-state index in [0.29, 0.717) is 17.8 Å². The molecule has 0 radical (unpaired) electrons. The summed E-state index contributed by atoms with van der Waals surface area (Å²) in [6, 6.07) is 0.125. The largest absolute Gasteiger partial charge is 0.391 e. The highest BCUT2D eigenvalue weighted by Crippen LogP contribution is 2.21. The van der Waals surface area contributed by atoms with Crippen molar-refractivity contribution in [3.8, 4) is 0 Å². The molecule has 1 saturated heterocycles.